The van der Waals surface area contributed by atoms with Crippen LogP contribution in [0.25, 0.3) is 0 Å². The molecule has 1 aliphatic rings. The number of carboxylic acids is 1. The Balaban J connectivity index is 1.79. The Hall–Kier alpha value is -2.76. The van der Waals surface area contributed by atoms with Gasteiger partial charge in [-0.25, -0.2) is 9.78 Å². The van der Waals surface area contributed by atoms with Crippen LogP contribution in [-0.2, 0) is 12.8 Å². The largest absolute Gasteiger partial charge is 0.478 e. The lowest BCUT2D eigenvalue weighted by Gasteiger charge is -2.19. The molecule has 0 bridgehead atoms. The van der Waals surface area contributed by atoms with Crippen LogP contribution in [0, 0.1) is 0 Å². The predicted molar refractivity (Wildman–Crippen MR) is 78.7 cm³/mol. The number of benzene rings is 1. The lowest BCUT2D eigenvalue weighted by atomic mass is 10.0. The quantitative estimate of drug-likeness (QED) is 0.906. The Morgan fingerprint density at radius 2 is 1.86 bits per heavy atom. The smallest absolute Gasteiger partial charge is 0.335 e. The third kappa shape index (κ3) is 2.81. The molecule has 0 saturated carbocycles. The molecule has 2 heterocycles. The fraction of sp³-hybridized carbons (Fsp3) is 0.250. The van der Waals surface area contributed by atoms with Crippen LogP contribution in [0.3, 0.4) is 0 Å². The summed E-state index contributed by atoms with van der Waals surface area (Å²) >= 11 is 0. The van der Waals surface area contributed by atoms with Crippen LogP contribution in [0.1, 0.15) is 32.0 Å². The highest BCUT2D eigenvalue weighted by atomic mass is 16.4. The van der Waals surface area contributed by atoms with Crippen molar-refractivity contribution in [1.29, 1.82) is 0 Å². The lowest BCUT2D eigenvalue weighted by molar-refractivity contribution is 0.0695. The number of hydrogen-bond donors (Lipinski definition) is 1. The molecule has 1 aromatic carbocycles. The van der Waals surface area contributed by atoms with Crippen LogP contribution in [0.15, 0.2) is 36.8 Å². The number of aromatic carboxylic acids is 1. The Labute approximate surface area is 127 Å². The first-order valence-corrected chi connectivity index (χ1v) is 7.05. The first-order valence-electron chi connectivity index (χ1n) is 7.05. The van der Waals surface area contributed by atoms with Crippen LogP contribution in [0.4, 0.5) is 0 Å². The van der Waals surface area contributed by atoms with Gasteiger partial charge in [0.25, 0.3) is 5.91 Å². The number of carbonyl (C=O) groups is 2. The maximum atomic E-state index is 12.4. The van der Waals surface area contributed by atoms with Gasteiger partial charge in [0, 0.05) is 25.5 Å². The van der Waals surface area contributed by atoms with Crippen molar-refractivity contribution in [2.45, 2.75) is 12.8 Å². The molecule has 0 spiro atoms. The fourth-order valence-corrected chi connectivity index (χ4v) is 2.63. The fourth-order valence-electron chi connectivity index (χ4n) is 2.63. The second-order valence-electron chi connectivity index (χ2n) is 5.17. The lowest BCUT2D eigenvalue weighted by Crippen LogP contribution is -2.33. The van der Waals surface area contributed by atoms with Gasteiger partial charge in [0.1, 0.15) is 5.69 Å². The average Bonchev–Trinajstić information content (AvgIpc) is 2.77. The van der Waals surface area contributed by atoms with E-state index in [-0.39, 0.29) is 11.5 Å². The van der Waals surface area contributed by atoms with E-state index in [4.69, 9.17) is 5.11 Å². The molecule has 22 heavy (non-hydrogen) atoms. The SMILES string of the molecule is O=C(O)c1ccc2c(c1)CCN(C(=O)c1cnccn1)CC2. The van der Waals surface area contributed by atoms with Crippen molar-refractivity contribution >= 4 is 11.9 Å². The van der Waals surface area contributed by atoms with E-state index in [2.05, 4.69) is 9.97 Å². The molecule has 1 N–H and O–H groups in total. The number of hydrogen-bond acceptors (Lipinski definition) is 4. The summed E-state index contributed by atoms with van der Waals surface area (Å²) in [5.74, 6) is -1.07. The van der Waals surface area contributed by atoms with Crippen molar-refractivity contribution in [1.82, 2.24) is 14.9 Å². The van der Waals surface area contributed by atoms with E-state index < -0.39 is 5.97 Å². The van der Waals surface area contributed by atoms with Crippen LogP contribution in [-0.4, -0.2) is 44.9 Å². The highest BCUT2D eigenvalue weighted by Gasteiger charge is 2.21. The second-order valence-corrected chi connectivity index (χ2v) is 5.17. The molecule has 1 aliphatic heterocycles. The van der Waals surface area contributed by atoms with E-state index in [1.807, 2.05) is 6.07 Å². The average molecular weight is 297 g/mol. The Bertz CT molecular complexity index is 716. The minimum atomic E-state index is -0.931. The highest BCUT2D eigenvalue weighted by molar-refractivity contribution is 5.92. The van der Waals surface area contributed by atoms with Gasteiger partial charge in [-0.1, -0.05) is 6.07 Å². The Morgan fingerprint density at radius 1 is 1.09 bits per heavy atom. The number of nitrogens with zero attached hydrogens (tertiary/aromatic N) is 3. The van der Waals surface area contributed by atoms with Gasteiger partial charge >= 0.3 is 5.97 Å². The summed E-state index contributed by atoms with van der Waals surface area (Å²) in [6.45, 7) is 1.14. The topological polar surface area (TPSA) is 83.4 Å². The molecule has 3 rings (SSSR count). The van der Waals surface area contributed by atoms with Crippen molar-refractivity contribution in [3.05, 3.63) is 59.2 Å². The summed E-state index contributed by atoms with van der Waals surface area (Å²) in [6.07, 6.45) is 5.84. The second kappa shape index (κ2) is 5.93. The van der Waals surface area contributed by atoms with E-state index in [9.17, 15) is 9.59 Å². The van der Waals surface area contributed by atoms with Crippen molar-refractivity contribution < 1.29 is 14.7 Å². The summed E-state index contributed by atoms with van der Waals surface area (Å²) in [4.78, 5) is 33.2. The zero-order valence-electron chi connectivity index (χ0n) is 11.9. The van der Waals surface area contributed by atoms with Crippen LogP contribution < -0.4 is 0 Å². The van der Waals surface area contributed by atoms with Gasteiger partial charge in [0.15, 0.2) is 0 Å². The molecule has 0 radical (unpaired) electrons. The van der Waals surface area contributed by atoms with Gasteiger partial charge in [0.2, 0.25) is 0 Å². The molecular weight excluding hydrogens is 282 g/mol. The van der Waals surface area contributed by atoms with Crippen LogP contribution in [0.2, 0.25) is 0 Å². The van der Waals surface area contributed by atoms with Crippen LogP contribution >= 0.6 is 0 Å². The first kappa shape index (κ1) is 14.2. The number of fused-ring (bicyclic) bond motifs is 1. The highest BCUT2D eigenvalue weighted by Crippen LogP contribution is 2.19. The minimum Gasteiger partial charge on any atom is -0.478 e. The normalized spacial score (nSPS) is 14.1. The van der Waals surface area contributed by atoms with Gasteiger partial charge in [-0.05, 0) is 36.1 Å². The Kier molecular flexibility index (Phi) is 3.82. The van der Waals surface area contributed by atoms with Crippen molar-refractivity contribution in [2.75, 3.05) is 13.1 Å². The predicted octanol–water partition coefficient (Wildman–Crippen LogP) is 1.42. The van der Waals surface area contributed by atoms with E-state index in [0.29, 0.717) is 31.6 Å². The van der Waals surface area contributed by atoms with Crippen LogP contribution in [0.5, 0.6) is 0 Å². The number of carboxylic acid groups (broad SMARTS) is 1. The summed E-state index contributed by atoms with van der Waals surface area (Å²) < 4.78 is 0. The molecule has 6 heteroatoms. The summed E-state index contributed by atoms with van der Waals surface area (Å²) in [5, 5.41) is 9.07. The zero-order valence-corrected chi connectivity index (χ0v) is 11.9. The van der Waals surface area contributed by atoms with E-state index in [1.54, 1.807) is 17.0 Å². The summed E-state index contributed by atoms with van der Waals surface area (Å²) in [7, 11) is 0. The molecule has 6 nitrogen and oxygen atoms in total. The minimum absolute atomic E-state index is 0.139. The molecule has 1 amide bonds. The van der Waals surface area contributed by atoms with E-state index in [0.717, 1.165) is 11.1 Å². The van der Waals surface area contributed by atoms with Gasteiger partial charge in [-0.15, -0.1) is 0 Å². The van der Waals surface area contributed by atoms with E-state index in [1.165, 1.54) is 18.6 Å². The molecule has 112 valence electrons. The molecule has 0 saturated heterocycles. The monoisotopic (exact) mass is 297 g/mol. The molecule has 0 atom stereocenters. The molecule has 1 aromatic heterocycles. The number of carbonyl (C=O) groups excluding carboxylic acids is 1. The van der Waals surface area contributed by atoms with Gasteiger partial charge in [0.05, 0.1) is 11.8 Å². The van der Waals surface area contributed by atoms with Gasteiger partial charge in [-0.2, -0.15) is 0 Å². The number of amides is 1. The maximum absolute atomic E-state index is 12.4. The number of aromatic nitrogens is 2. The van der Waals surface area contributed by atoms with Crippen molar-refractivity contribution in [3.63, 3.8) is 0 Å². The van der Waals surface area contributed by atoms with Crippen molar-refractivity contribution in [2.24, 2.45) is 0 Å². The maximum Gasteiger partial charge on any atom is 0.335 e. The number of rotatable bonds is 2. The van der Waals surface area contributed by atoms with Gasteiger partial charge in [-0.3, -0.25) is 9.78 Å². The van der Waals surface area contributed by atoms with Crippen molar-refractivity contribution in [3.8, 4) is 0 Å². The third-order valence-electron chi connectivity index (χ3n) is 3.82. The molecular formula is C16H15N3O3. The molecule has 0 aliphatic carbocycles. The third-order valence-corrected chi connectivity index (χ3v) is 3.82. The molecule has 2 aromatic rings. The summed E-state index contributed by atoms with van der Waals surface area (Å²) in [5.41, 5.74) is 2.71. The Morgan fingerprint density at radius 3 is 2.55 bits per heavy atom. The molecule has 0 unspecified atom stereocenters. The molecule has 0 fully saturated rings. The van der Waals surface area contributed by atoms with Gasteiger partial charge < -0.3 is 10.0 Å². The first-order chi connectivity index (χ1) is 10.6. The summed E-state index contributed by atoms with van der Waals surface area (Å²) in [6, 6.07) is 5.16. The van der Waals surface area contributed by atoms with E-state index >= 15 is 0 Å². The zero-order chi connectivity index (χ0) is 15.5. The standard InChI is InChI=1S/C16H15N3O3/c20-15(14-10-17-5-6-18-14)19-7-3-11-1-2-13(16(21)22)9-12(11)4-8-19/h1-2,5-6,9-10H,3-4,7-8H2,(H,21,22).